The number of allylic oxidation sites excluding steroid dienone is 2. The Labute approximate surface area is 200 Å². The predicted octanol–water partition coefficient (Wildman–Crippen LogP) is 3.39. The van der Waals surface area contributed by atoms with Crippen LogP contribution in [0.15, 0.2) is 35.2 Å². The van der Waals surface area contributed by atoms with Crippen LogP contribution in [0.4, 0.5) is 0 Å². The number of epoxide rings is 1. The Morgan fingerprint density at radius 2 is 1.94 bits per heavy atom. The number of aliphatic hydroxyl groups is 2. The Morgan fingerprint density at radius 1 is 1.24 bits per heavy atom. The van der Waals surface area contributed by atoms with Crippen molar-refractivity contribution in [2.24, 2.45) is 28.1 Å². The Morgan fingerprint density at radius 3 is 2.56 bits per heavy atom. The SMILES string of the molecule is COC(=O)C(O)C1C(C)(C)C(=O)C=CC1(C)C1CCC2(C)C(c3ccoc3)CC(O)C23OC13C. The zero-order valence-electron chi connectivity index (χ0n) is 20.8. The summed E-state index contributed by atoms with van der Waals surface area (Å²) in [6, 6.07) is 1.97. The molecule has 34 heavy (non-hydrogen) atoms. The van der Waals surface area contributed by atoms with Crippen molar-refractivity contribution in [2.45, 2.75) is 83.2 Å². The topological polar surface area (TPSA) is 110 Å². The first-order valence-electron chi connectivity index (χ1n) is 12.2. The predicted molar refractivity (Wildman–Crippen MR) is 123 cm³/mol. The van der Waals surface area contributed by atoms with Gasteiger partial charge in [0.15, 0.2) is 11.9 Å². The lowest BCUT2D eigenvalue weighted by Gasteiger charge is -2.55. The lowest BCUT2D eigenvalue weighted by molar-refractivity contribution is -0.167. The molecule has 5 rings (SSSR count). The van der Waals surface area contributed by atoms with E-state index in [1.807, 2.05) is 19.1 Å². The maximum Gasteiger partial charge on any atom is 0.335 e. The maximum absolute atomic E-state index is 12.9. The summed E-state index contributed by atoms with van der Waals surface area (Å²) in [5.41, 5.74) is -2.36. The summed E-state index contributed by atoms with van der Waals surface area (Å²) < 4.78 is 16.9. The molecule has 2 heterocycles. The second-order valence-electron chi connectivity index (χ2n) is 12.0. The number of carbonyl (C=O) groups excluding carboxylic acids is 2. The molecule has 9 unspecified atom stereocenters. The molecule has 1 aromatic rings. The molecule has 9 atom stereocenters. The van der Waals surface area contributed by atoms with Gasteiger partial charge in [0.25, 0.3) is 0 Å². The molecule has 186 valence electrons. The Kier molecular flexibility index (Phi) is 4.93. The van der Waals surface area contributed by atoms with Crippen LogP contribution in [0.3, 0.4) is 0 Å². The molecule has 1 saturated heterocycles. The van der Waals surface area contributed by atoms with Crippen molar-refractivity contribution in [3.05, 3.63) is 36.3 Å². The van der Waals surface area contributed by atoms with Crippen molar-refractivity contribution in [2.75, 3.05) is 7.11 Å². The third-order valence-electron chi connectivity index (χ3n) is 10.4. The Balaban J connectivity index is 1.59. The van der Waals surface area contributed by atoms with Crippen LogP contribution in [0.5, 0.6) is 0 Å². The van der Waals surface area contributed by atoms with E-state index in [9.17, 15) is 19.8 Å². The molecular weight excluding hydrogens is 436 g/mol. The Hall–Kier alpha value is -1.96. The van der Waals surface area contributed by atoms with Crippen LogP contribution in [0.1, 0.15) is 65.4 Å². The van der Waals surface area contributed by atoms with E-state index in [1.165, 1.54) is 7.11 Å². The summed E-state index contributed by atoms with van der Waals surface area (Å²) in [6.07, 6.45) is 6.92. The number of hydrogen-bond acceptors (Lipinski definition) is 7. The lowest BCUT2D eigenvalue weighted by Crippen LogP contribution is -2.61. The van der Waals surface area contributed by atoms with Crippen LogP contribution in [0.25, 0.3) is 0 Å². The number of furan rings is 1. The average molecular weight is 473 g/mol. The van der Waals surface area contributed by atoms with Crippen LogP contribution in [-0.4, -0.2) is 52.5 Å². The fourth-order valence-electron chi connectivity index (χ4n) is 8.80. The van der Waals surface area contributed by atoms with Gasteiger partial charge in [-0.1, -0.05) is 33.8 Å². The molecule has 0 amide bonds. The number of carbonyl (C=O) groups is 2. The first kappa shape index (κ1) is 23.8. The molecule has 0 bridgehead atoms. The third kappa shape index (κ3) is 2.58. The summed E-state index contributed by atoms with van der Waals surface area (Å²) in [4.78, 5) is 25.4. The monoisotopic (exact) mass is 472 g/mol. The molecule has 1 spiro atoms. The number of methoxy groups -OCH3 is 1. The van der Waals surface area contributed by atoms with Crippen molar-refractivity contribution in [1.82, 2.24) is 0 Å². The minimum absolute atomic E-state index is 0.105. The normalized spacial score (nSPS) is 47.6. The molecule has 3 aliphatic carbocycles. The summed E-state index contributed by atoms with van der Waals surface area (Å²) in [5.74, 6) is -1.60. The number of esters is 1. The highest BCUT2D eigenvalue weighted by atomic mass is 16.6. The van der Waals surface area contributed by atoms with Gasteiger partial charge in [0, 0.05) is 16.7 Å². The van der Waals surface area contributed by atoms with E-state index >= 15 is 0 Å². The largest absolute Gasteiger partial charge is 0.472 e. The van der Waals surface area contributed by atoms with Gasteiger partial charge < -0.3 is 24.1 Å². The first-order valence-corrected chi connectivity index (χ1v) is 12.2. The summed E-state index contributed by atoms with van der Waals surface area (Å²) in [6.45, 7) is 9.84. The molecule has 2 N–H and O–H groups in total. The van der Waals surface area contributed by atoms with E-state index < -0.39 is 46.1 Å². The van der Waals surface area contributed by atoms with Crippen LogP contribution < -0.4 is 0 Å². The second kappa shape index (κ2) is 7.05. The average Bonchev–Trinajstić information content (AvgIpc) is 3.07. The van der Waals surface area contributed by atoms with Gasteiger partial charge in [-0.15, -0.1) is 0 Å². The van der Waals surface area contributed by atoms with Crippen molar-refractivity contribution in [3.8, 4) is 0 Å². The lowest BCUT2D eigenvalue weighted by atomic mass is 9.46. The quantitative estimate of drug-likeness (QED) is 0.511. The van der Waals surface area contributed by atoms with Crippen molar-refractivity contribution in [3.63, 3.8) is 0 Å². The van der Waals surface area contributed by atoms with Gasteiger partial charge in [0.2, 0.25) is 0 Å². The van der Waals surface area contributed by atoms with E-state index in [4.69, 9.17) is 13.9 Å². The van der Waals surface area contributed by atoms with Gasteiger partial charge >= 0.3 is 5.97 Å². The van der Waals surface area contributed by atoms with Crippen LogP contribution in [0.2, 0.25) is 0 Å². The van der Waals surface area contributed by atoms with Gasteiger partial charge in [-0.25, -0.2) is 4.79 Å². The number of hydrogen-bond donors (Lipinski definition) is 2. The molecule has 7 nitrogen and oxygen atoms in total. The van der Waals surface area contributed by atoms with Gasteiger partial charge in [0.1, 0.15) is 11.2 Å². The van der Waals surface area contributed by atoms with Crippen LogP contribution >= 0.6 is 0 Å². The zero-order chi connectivity index (χ0) is 24.9. The highest BCUT2D eigenvalue weighted by Crippen LogP contribution is 2.79. The van der Waals surface area contributed by atoms with E-state index in [0.29, 0.717) is 6.42 Å². The fraction of sp³-hybridized carbons (Fsp3) is 0.704. The molecule has 0 aromatic carbocycles. The molecule has 1 aromatic heterocycles. The minimum Gasteiger partial charge on any atom is -0.472 e. The van der Waals surface area contributed by atoms with Gasteiger partial charge in [0.05, 0.1) is 25.7 Å². The van der Waals surface area contributed by atoms with Crippen molar-refractivity contribution in [1.29, 1.82) is 0 Å². The minimum atomic E-state index is -1.46. The van der Waals surface area contributed by atoms with Crippen molar-refractivity contribution >= 4 is 11.8 Å². The van der Waals surface area contributed by atoms with E-state index in [2.05, 4.69) is 13.8 Å². The summed E-state index contributed by atoms with van der Waals surface area (Å²) in [7, 11) is 1.24. The summed E-state index contributed by atoms with van der Waals surface area (Å²) in [5, 5.41) is 22.6. The highest BCUT2D eigenvalue weighted by molar-refractivity contribution is 5.96. The van der Waals surface area contributed by atoms with Gasteiger partial charge in [-0.2, -0.15) is 0 Å². The number of aliphatic hydroxyl groups excluding tert-OH is 2. The van der Waals surface area contributed by atoms with Crippen molar-refractivity contribution < 1.29 is 33.7 Å². The first-order chi connectivity index (χ1) is 15.8. The molecule has 3 fully saturated rings. The van der Waals surface area contributed by atoms with Gasteiger partial charge in [-0.3, -0.25) is 4.79 Å². The van der Waals surface area contributed by atoms with E-state index in [-0.39, 0.29) is 23.0 Å². The summed E-state index contributed by atoms with van der Waals surface area (Å²) >= 11 is 0. The molecule has 2 saturated carbocycles. The van der Waals surface area contributed by atoms with E-state index in [1.54, 1.807) is 32.4 Å². The molecule has 4 aliphatic rings. The number of rotatable bonds is 4. The molecular formula is C27H36O7. The highest BCUT2D eigenvalue weighted by Gasteiger charge is 2.87. The fourth-order valence-corrected chi connectivity index (χ4v) is 8.80. The third-order valence-corrected chi connectivity index (χ3v) is 10.4. The number of ketones is 1. The van der Waals surface area contributed by atoms with Crippen LogP contribution in [0, 0.1) is 28.1 Å². The molecule has 7 heteroatoms. The van der Waals surface area contributed by atoms with E-state index in [0.717, 1.165) is 18.4 Å². The second-order valence-corrected chi connectivity index (χ2v) is 12.0. The molecule has 0 radical (unpaired) electrons. The van der Waals surface area contributed by atoms with Gasteiger partial charge in [-0.05, 0) is 61.1 Å². The van der Waals surface area contributed by atoms with Crippen LogP contribution in [-0.2, 0) is 19.1 Å². The molecule has 1 aliphatic heterocycles. The number of ether oxygens (including phenoxy) is 2. The zero-order valence-corrected chi connectivity index (χ0v) is 20.8. The smallest absolute Gasteiger partial charge is 0.335 e. The maximum atomic E-state index is 12.9. The Bertz CT molecular complexity index is 1040. The standard InChI is InChI=1S/C27H36O7/c1-23(2)18(28)8-10-24(3,21(23)20(30)22(31)32-6)17-7-11-25(4)16(15-9-12-33-14-15)13-19(29)27(25)26(17,5)34-27/h8-10,12,14,16-17,19-21,29-30H,7,11,13H2,1-6H3.